The summed E-state index contributed by atoms with van der Waals surface area (Å²) < 4.78 is 67.6. The second-order valence-electron chi connectivity index (χ2n) is 9.82. The van der Waals surface area contributed by atoms with Gasteiger partial charge in [0, 0.05) is 19.9 Å². The van der Waals surface area contributed by atoms with Crippen LogP contribution in [0.3, 0.4) is 0 Å². The van der Waals surface area contributed by atoms with E-state index in [4.69, 9.17) is 0 Å². The predicted molar refractivity (Wildman–Crippen MR) is 84.6 cm³/mol. The average Bonchev–Trinajstić information content (AvgIpc) is 3.07. The molecule has 7 unspecified atom stereocenters. The largest absolute Gasteiger partial charge is 0.423 e. The van der Waals surface area contributed by atoms with Gasteiger partial charge in [0.2, 0.25) is 5.60 Å². The summed E-state index contributed by atoms with van der Waals surface area (Å²) in [5.41, 5.74) is -3.80. The topological polar surface area (TPSA) is 20.2 Å². The molecule has 4 rings (SSSR count). The van der Waals surface area contributed by atoms with Gasteiger partial charge in [-0.2, -0.15) is 13.2 Å². The van der Waals surface area contributed by atoms with Gasteiger partial charge in [0.05, 0.1) is 0 Å². The first-order valence-corrected chi connectivity index (χ1v) is 12.9. The minimum absolute atomic E-state index is 0.120. The summed E-state index contributed by atoms with van der Waals surface area (Å²) in [6.45, 7) is 9.31. The summed E-state index contributed by atoms with van der Waals surface area (Å²) in [4.78, 5) is 0. The van der Waals surface area contributed by atoms with Crippen molar-refractivity contribution in [3.8, 4) is 0 Å². The van der Waals surface area contributed by atoms with Crippen molar-refractivity contribution in [3.05, 3.63) is 0 Å². The Morgan fingerprint density at radius 2 is 1.29 bits per heavy atom. The third kappa shape index (κ3) is 2.40. The van der Waals surface area contributed by atoms with Gasteiger partial charge in [-0.05, 0) is 49.4 Å². The standard InChI is InChI=1S/C13H15F5O.C4H12Si/c14-12(15)8-4-7(11(12,19)13(16,17)18)9-5-1-2-6(3-5)10(8)9;1-5(2,3)4/h5-10,19H,1-4H2;1-4H3. The molecule has 4 bridgehead atoms. The van der Waals surface area contributed by atoms with Gasteiger partial charge in [-0.25, -0.2) is 8.78 Å². The van der Waals surface area contributed by atoms with E-state index in [-0.39, 0.29) is 30.1 Å². The van der Waals surface area contributed by atoms with E-state index in [1.165, 1.54) is 0 Å². The third-order valence-electron chi connectivity index (χ3n) is 6.43. The number of hydrogen-bond acceptors (Lipinski definition) is 1. The lowest BCUT2D eigenvalue weighted by Gasteiger charge is -2.48. The highest BCUT2D eigenvalue weighted by Gasteiger charge is 2.86. The summed E-state index contributed by atoms with van der Waals surface area (Å²) in [5.74, 6) is -6.95. The molecule has 1 N–H and O–H groups in total. The van der Waals surface area contributed by atoms with Crippen LogP contribution in [0, 0.1) is 35.5 Å². The molecule has 4 saturated carbocycles. The van der Waals surface area contributed by atoms with Crippen LogP contribution in [0.5, 0.6) is 0 Å². The lowest BCUT2D eigenvalue weighted by molar-refractivity contribution is -0.359. The summed E-state index contributed by atoms with van der Waals surface area (Å²) >= 11 is 0. The van der Waals surface area contributed by atoms with E-state index in [2.05, 4.69) is 26.2 Å². The highest BCUT2D eigenvalue weighted by molar-refractivity contribution is 6.74. The Morgan fingerprint density at radius 3 is 1.71 bits per heavy atom. The van der Waals surface area contributed by atoms with E-state index in [0.29, 0.717) is 0 Å². The van der Waals surface area contributed by atoms with Crippen molar-refractivity contribution in [2.75, 3.05) is 0 Å². The quantitative estimate of drug-likeness (QED) is 0.354. The molecule has 0 aromatic carbocycles. The molecule has 0 aromatic heterocycles. The first-order chi connectivity index (χ1) is 10.7. The number of aliphatic hydroxyl groups is 1. The molecule has 0 amide bonds. The number of halogens is 5. The molecule has 0 radical (unpaired) electrons. The van der Waals surface area contributed by atoms with Crippen LogP contribution in [0.4, 0.5) is 22.0 Å². The van der Waals surface area contributed by atoms with Crippen molar-refractivity contribution < 1.29 is 27.1 Å². The number of hydrogen-bond donors (Lipinski definition) is 1. The molecule has 0 heterocycles. The normalized spacial score (nSPS) is 48.2. The molecule has 4 fully saturated rings. The average molecular weight is 370 g/mol. The smallest absolute Gasteiger partial charge is 0.376 e. The van der Waals surface area contributed by atoms with E-state index in [1.54, 1.807) is 0 Å². The zero-order valence-electron chi connectivity index (χ0n) is 14.6. The molecule has 24 heavy (non-hydrogen) atoms. The lowest BCUT2D eigenvalue weighted by Crippen LogP contribution is -2.66. The fraction of sp³-hybridized carbons (Fsp3) is 1.00. The summed E-state index contributed by atoms with van der Waals surface area (Å²) in [6.07, 6.45) is -2.91. The Hall–Kier alpha value is -0.173. The zero-order chi connectivity index (χ0) is 18.3. The van der Waals surface area contributed by atoms with Gasteiger partial charge in [-0.1, -0.05) is 26.2 Å². The molecule has 0 spiro atoms. The molecular weight excluding hydrogens is 343 g/mol. The SMILES string of the molecule is C[Si](C)(C)C.OC1(C(F)(F)F)C2CC(C3C4CCC(C4)C32)C1(F)F. The second kappa shape index (κ2) is 5.18. The zero-order valence-corrected chi connectivity index (χ0v) is 15.6. The molecule has 0 aliphatic heterocycles. The molecule has 0 aromatic rings. The molecule has 140 valence electrons. The maximum Gasteiger partial charge on any atom is 0.423 e. The third-order valence-corrected chi connectivity index (χ3v) is 6.43. The number of rotatable bonds is 0. The summed E-state index contributed by atoms with van der Waals surface area (Å²) in [5, 5.41) is 9.85. The van der Waals surface area contributed by atoms with Crippen LogP contribution in [0.2, 0.25) is 26.2 Å². The predicted octanol–water partition coefficient (Wildman–Crippen LogP) is 5.18. The molecular formula is C17H27F5OSi. The fourth-order valence-electron chi connectivity index (χ4n) is 5.93. The van der Waals surface area contributed by atoms with Gasteiger partial charge in [0.15, 0.2) is 0 Å². The fourth-order valence-corrected chi connectivity index (χ4v) is 5.93. The van der Waals surface area contributed by atoms with Crippen molar-refractivity contribution >= 4 is 8.07 Å². The van der Waals surface area contributed by atoms with Crippen molar-refractivity contribution in [1.29, 1.82) is 0 Å². The van der Waals surface area contributed by atoms with E-state index in [1.807, 2.05) is 0 Å². The van der Waals surface area contributed by atoms with Crippen molar-refractivity contribution in [2.24, 2.45) is 35.5 Å². The van der Waals surface area contributed by atoms with Gasteiger partial charge >= 0.3 is 6.18 Å². The van der Waals surface area contributed by atoms with Crippen molar-refractivity contribution in [1.82, 2.24) is 0 Å². The van der Waals surface area contributed by atoms with Crippen LogP contribution in [-0.4, -0.2) is 30.9 Å². The van der Waals surface area contributed by atoms with Gasteiger partial charge in [-0.15, -0.1) is 0 Å². The van der Waals surface area contributed by atoms with Crippen molar-refractivity contribution in [2.45, 2.75) is 69.6 Å². The maximum atomic E-state index is 14.2. The highest BCUT2D eigenvalue weighted by Crippen LogP contribution is 2.75. The second-order valence-corrected chi connectivity index (χ2v) is 15.8. The minimum atomic E-state index is -5.25. The van der Waals surface area contributed by atoms with Gasteiger partial charge in [-0.3, -0.25) is 0 Å². The first kappa shape index (κ1) is 18.6. The van der Waals surface area contributed by atoms with Gasteiger partial charge < -0.3 is 5.11 Å². The lowest BCUT2D eigenvalue weighted by atomic mass is 9.64. The first-order valence-electron chi connectivity index (χ1n) is 8.86. The Morgan fingerprint density at radius 1 is 0.875 bits per heavy atom. The van der Waals surface area contributed by atoms with E-state index < -0.39 is 37.6 Å². The van der Waals surface area contributed by atoms with Gasteiger partial charge in [0.1, 0.15) is 0 Å². The molecule has 4 aliphatic carbocycles. The molecule has 0 saturated heterocycles. The molecule has 7 atom stereocenters. The van der Waals surface area contributed by atoms with E-state index in [9.17, 15) is 27.1 Å². The summed E-state index contributed by atoms with van der Waals surface area (Å²) in [6, 6.07) is 0. The Bertz CT molecular complexity index is 508. The Balaban J connectivity index is 0.000000300. The van der Waals surface area contributed by atoms with Crippen LogP contribution < -0.4 is 0 Å². The summed E-state index contributed by atoms with van der Waals surface area (Å²) in [7, 11) is -0.611. The van der Waals surface area contributed by atoms with Crippen LogP contribution in [0.15, 0.2) is 0 Å². The molecule has 7 heteroatoms. The Labute approximate surface area is 141 Å². The van der Waals surface area contributed by atoms with Gasteiger partial charge in [0.25, 0.3) is 5.92 Å². The highest BCUT2D eigenvalue weighted by atomic mass is 28.3. The van der Waals surface area contributed by atoms with Crippen LogP contribution in [-0.2, 0) is 0 Å². The van der Waals surface area contributed by atoms with Crippen LogP contribution in [0.25, 0.3) is 0 Å². The van der Waals surface area contributed by atoms with Crippen molar-refractivity contribution in [3.63, 3.8) is 0 Å². The monoisotopic (exact) mass is 370 g/mol. The number of fused-ring (bicyclic) bond motifs is 9. The van der Waals surface area contributed by atoms with E-state index in [0.717, 1.165) is 19.3 Å². The van der Waals surface area contributed by atoms with E-state index >= 15 is 0 Å². The Kier molecular flexibility index (Phi) is 4.02. The number of alkyl halides is 5. The minimum Gasteiger partial charge on any atom is -0.376 e. The van der Waals surface area contributed by atoms with Crippen LogP contribution in [0.1, 0.15) is 25.7 Å². The molecule has 4 aliphatic rings. The van der Waals surface area contributed by atoms with Crippen LogP contribution >= 0.6 is 0 Å². The maximum absolute atomic E-state index is 14.2. The molecule has 1 nitrogen and oxygen atoms in total.